The molecule has 154 valence electrons. The number of para-hydroxylation sites is 1. The molecular formula is C22H26N2O4S. The molecule has 1 aliphatic rings. The van der Waals surface area contributed by atoms with Gasteiger partial charge in [0.2, 0.25) is 5.88 Å². The van der Waals surface area contributed by atoms with Crippen molar-refractivity contribution in [2.45, 2.75) is 44.6 Å². The van der Waals surface area contributed by atoms with Crippen molar-refractivity contribution in [2.75, 3.05) is 6.26 Å². The first kappa shape index (κ1) is 21.0. The van der Waals surface area contributed by atoms with Gasteiger partial charge in [-0.05, 0) is 44.0 Å². The molecule has 3 rings (SSSR count). The van der Waals surface area contributed by atoms with E-state index >= 15 is 0 Å². The second kappa shape index (κ2) is 9.22. The van der Waals surface area contributed by atoms with Crippen LogP contribution in [0.5, 0.6) is 11.6 Å². The summed E-state index contributed by atoms with van der Waals surface area (Å²) in [6.07, 6.45) is 7.11. The number of nitrogens with one attached hydrogen (secondary N) is 1. The summed E-state index contributed by atoms with van der Waals surface area (Å²) in [7, 11) is -3.25. The Balaban J connectivity index is 1.85. The number of rotatable bonds is 7. The number of nitrogens with zero attached hydrogens (tertiary/aromatic N) is 1. The average Bonchev–Trinajstić information content (AvgIpc) is 3.21. The van der Waals surface area contributed by atoms with Gasteiger partial charge in [-0.25, -0.2) is 13.4 Å². The van der Waals surface area contributed by atoms with Gasteiger partial charge in [0.05, 0.1) is 0 Å². The van der Waals surface area contributed by atoms with Gasteiger partial charge < -0.3 is 10.1 Å². The van der Waals surface area contributed by atoms with Crippen LogP contribution < -0.4 is 10.1 Å². The molecule has 0 aliphatic heterocycles. The lowest BCUT2D eigenvalue weighted by molar-refractivity contribution is 0.0944. The Labute approximate surface area is 171 Å². The summed E-state index contributed by atoms with van der Waals surface area (Å²) < 4.78 is 28.5. The van der Waals surface area contributed by atoms with E-state index in [9.17, 15) is 13.2 Å². The lowest BCUT2D eigenvalue weighted by Gasteiger charge is -2.16. The molecule has 2 aromatic rings. The smallest absolute Gasteiger partial charge is 0.257 e. The van der Waals surface area contributed by atoms with Gasteiger partial charge in [0.25, 0.3) is 5.91 Å². The maximum atomic E-state index is 12.8. The number of aromatic nitrogens is 1. The zero-order valence-electron chi connectivity index (χ0n) is 16.7. The zero-order chi connectivity index (χ0) is 20.9. The van der Waals surface area contributed by atoms with Crippen molar-refractivity contribution in [3.05, 3.63) is 65.2 Å². The monoisotopic (exact) mass is 414 g/mol. The normalized spacial score (nSPS) is 16.1. The van der Waals surface area contributed by atoms with E-state index in [1.807, 2.05) is 36.4 Å². The maximum Gasteiger partial charge on any atom is 0.257 e. The number of ether oxygens (including phenoxy) is 1. The number of hydrogen-bond donors (Lipinski definition) is 1. The molecule has 0 spiro atoms. The van der Waals surface area contributed by atoms with Crippen LogP contribution in [-0.2, 0) is 9.84 Å². The van der Waals surface area contributed by atoms with E-state index in [-0.39, 0.29) is 11.8 Å². The van der Waals surface area contributed by atoms with Gasteiger partial charge in [0, 0.05) is 29.3 Å². The van der Waals surface area contributed by atoms with Gasteiger partial charge >= 0.3 is 0 Å². The van der Waals surface area contributed by atoms with Crippen LogP contribution in [0.15, 0.2) is 53.9 Å². The van der Waals surface area contributed by atoms with Crippen LogP contribution in [0, 0.1) is 0 Å². The largest absolute Gasteiger partial charge is 0.438 e. The third-order valence-electron chi connectivity index (χ3n) is 4.83. The first-order chi connectivity index (χ1) is 13.8. The standard InChI is InChI=1S/C22H26N2O4S/c1-16(14-15-29(2,26)27)23-21(25)19-12-13-20(17-8-6-7-9-17)24-22(19)28-18-10-4-3-5-11-18/h3-5,10-17H,6-9H2,1-2H3,(H,23,25). The summed E-state index contributed by atoms with van der Waals surface area (Å²) >= 11 is 0. The molecule has 1 atom stereocenters. The molecule has 1 fully saturated rings. The highest BCUT2D eigenvalue weighted by molar-refractivity contribution is 7.93. The van der Waals surface area contributed by atoms with Crippen LogP contribution in [0.4, 0.5) is 0 Å². The van der Waals surface area contributed by atoms with Crippen molar-refractivity contribution in [3.63, 3.8) is 0 Å². The maximum absolute atomic E-state index is 12.8. The van der Waals surface area contributed by atoms with Crippen LogP contribution in [0.1, 0.15) is 54.6 Å². The van der Waals surface area contributed by atoms with Gasteiger partial charge in [0.1, 0.15) is 11.3 Å². The van der Waals surface area contributed by atoms with E-state index < -0.39 is 15.9 Å². The highest BCUT2D eigenvalue weighted by atomic mass is 32.2. The van der Waals surface area contributed by atoms with Gasteiger partial charge in [-0.1, -0.05) is 37.1 Å². The van der Waals surface area contributed by atoms with Crippen molar-refractivity contribution < 1.29 is 17.9 Å². The number of sulfone groups is 1. The number of carbonyl (C=O) groups is 1. The Hall–Kier alpha value is -2.67. The van der Waals surface area contributed by atoms with Crippen LogP contribution in [0.25, 0.3) is 0 Å². The lowest BCUT2D eigenvalue weighted by Crippen LogP contribution is -2.31. The third kappa shape index (κ3) is 6.15. The van der Waals surface area contributed by atoms with Crippen molar-refractivity contribution in [2.24, 2.45) is 0 Å². The molecular weight excluding hydrogens is 388 g/mol. The van der Waals surface area contributed by atoms with E-state index in [1.54, 1.807) is 13.0 Å². The Morgan fingerprint density at radius 2 is 1.86 bits per heavy atom. The molecule has 0 saturated heterocycles. The Morgan fingerprint density at radius 3 is 2.52 bits per heavy atom. The molecule has 1 N–H and O–H groups in total. The van der Waals surface area contributed by atoms with Gasteiger partial charge in [-0.2, -0.15) is 0 Å². The number of pyridine rings is 1. The Kier molecular flexibility index (Phi) is 6.69. The second-order valence-corrected chi connectivity index (χ2v) is 9.34. The summed E-state index contributed by atoms with van der Waals surface area (Å²) in [5.74, 6) is 0.883. The molecule has 1 aromatic heterocycles. The van der Waals surface area contributed by atoms with E-state index in [1.165, 1.54) is 18.9 Å². The third-order valence-corrected chi connectivity index (χ3v) is 5.48. The fourth-order valence-electron chi connectivity index (χ4n) is 3.35. The minimum absolute atomic E-state index is 0.261. The summed E-state index contributed by atoms with van der Waals surface area (Å²) in [6.45, 7) is 1.71. The summed E-state index contributed by atoms with van der Waals surface area (Å²) in [5, 5.41) is 3.86. The van der Waals surface area contributed by atoms with Crippen LogP contribution in [-0.4, -0.2) is 31.6 Å². The fourth-order valence-corrected chi connectivity index (χ4v) is 3.87. The highest BCUT2D eigenvalue weighted by Gasteiger charge is 2.22. The number of benzene rings is 1. The molecule has 6 nitrogen and oxygen atoms in total. The summed E-state index contributed by atoms with van der Waals surface area (Å²) in [5.41, 5.74) is 1.25. The number of carbonyl (C=O) groups excluding carboxylic acids is 1. The highest BCUT2D eigenvalue weighted by Crippen LogP contribution is 2.35. The molecule has 1 unspecified atom stereocenters. The fraction of sp³-hybridized carbons (Fsp3) is 0.364. The van der Waals surface area contributed by atoms with Crippen LogP contribution in [0.2, 0.25) is 0 Å². The van der Waals surface area contributed by atoms with Crippen molar-refractivity contribution in [3.8, 4) is 11.6 Å². The number of amides is 1. The van der Waals surface area contributed by atoms with Crippen molar-refractivity contribution in [1.82, 2.24) is 10.3 Å². The Bertz CT molecular complexity index is 981. The van der Waals surface area contributed by atoms with Crippen molar-refractivity contribution in [1.29, 1.82) is 0 Å². The van der Waals surface area contributed by atoms with E-state index in [2.05, 4.69) is 10.3 Å². The molecule has 1 saturated carbocycles. The van der Waals surface area contributed by atoms with E-state index in [0.29, 0.717) is 17.2 Å². The quantitative estimate of drug-likeness (QED) is 0.734. The minimum Gasteiger partial charge on any atom is -0.438 e. The Morgan fingerprint density at radius 1 is 1.17 bits per heavy atom. The topological polar surface area (TPSA) is 85.4 Å². The van der Waals surface area contributed by atoms with Crippen LogP contribution >= 0.6 is 0 Å². The second-order valence-electron chi connectivity index (χ2n) is 7.41. The summed E-state index contributed by atoms with van der Waals surface area (Å²) in [6, 6.07) is 12.4. The molecule has 1 amide bonds. The zero-order valence-corrected chi connectivity index (χ0v) is 17.5. The predicted molar refractivity (Wildman–Crippen MR) is 113 cm³/mol. The van der Waals surface area contributed by atoms with Gasteiger partial charge in [0.15, 0.2) is 9.84 Å². The first-order valence-corrected chi connectivity index (χ1v) is 11.7. The molecule has 1 aromatic carbocycles. The average molecular weight is 415 g/mol. The van der Waals surface area contributed by atoms with Gasteiger partial charge in [-0.3, -0.25) is 4.79 Å². The summed E-state index contributed by atoms with van der Waals surface area (Å²) in [4.78, 5) is 17.5. The van der Waals surface area contributed by atoms with E-state index in [0.717, 1.165) is 30.2 Å². The predicted octanol–water partition coefficient (Wildman–Crippen LogP) is 4.21. The molecule has 0 radical (unpaired) electrons. The molecule has 29 heavy (non-hydrogen) atoms. The van der Waals surface area contributed by atoms with Crippen LogP contribution in [0.3, 0.4) is 0 Å². The molecule has 1 aliphatic carbocycles. The lowest BCUT2D eigenvalue weighted by atomic mass is 10.0. The van der Waals surface area contributed by atoms with E-state index in [4.69, 9.17) is 4.74 Å². The number of hydrogen-bond acceptors (Lipinski definition) is 5. The molecule has 1 heterocycles. The first-order valence-electron chi connectivity index (χ1n) is 9.75. The minimum atomic E-state index is -3.25. The van der Waals surface area contributed by atoms with Gasteiger partial charge in [-0.15, -0.1) is 0 Å². The molecule has 7 heteroatoms. The SMILES string of the molecule is CC(C=CS(C)(=O)=O)NC(=O)c1ccc(C2CCCC2)nc1Oc1ccccc1. The van der Waals surface area contributed by atoms with Crippen molar-refractivity contribution >= 4 is 15.7 Å². The molecule has 0 bridgehead atoms.